The molecule has 17 heavy (non-hydrogen) atoms. The van der Waals surface area contributed by atoms with Crippen molar-refractivity contribution < 1.29 is 4.39 Å². The first-order valence-corrected chi connectivity index (χ1v) is 5.65. The Morgan fingerprint density at radius 1 is 1.41 bits per heavy atom. The highest BCUT2D eigenvalue weighted by molar-refractivity contribution is 6.30. The topological polar surface area (TPSA) is 29.9 Å². The van der Waals surface area contributed by atoms with Crippen molar-refractivity contribution >= 4 is 11.6 Å². The van der Waals surface area contributed by atoms with Crippen LogP contribution in [0.25, 0.3) is 0 Å². The highest BCUT2D eigenvalue weighted by atomic mass is 35.5. The van der Waals surface area contributed by atoms with E-state index in [2.05, 4.69) is 10.3 Å². The van der Waals surface area contributed by atoms with Crippen molar-refractivity contribution in [2.75, 3.05) is 0 Å². The zero-order valence-electron chi connectivity index (χ0n) is 9.45. The highest BCUT2D eigenvalue weighted by Crippen LogP contribution is 2.15. The van der Waals surface area contributed by atoms with Crippen LogP contribution in [-0.2, 0) is 20.1 Å². The van der Waals surface area contributed by atoms with Gasteiger partial charge < -0.3 is 9.88 Å². The van der Waals surface area contributed by atoms with Crippen LogP contribution in [0.5, 0.6) is 0 Å². The summed E-state index contributed by atoms with van der Waals surface area (Å²) in [6, 6.07) is 4.80. The number of nitrogens with one attached hydrogen (secondary N) is 1. The lowest BCUT2D eigenvalue weighted by Gasteiger charge is -2.05. The van der Waals surface area contributed by atoms with E-state index in [9.17, 15) is 4.39 Å². The monoisotopic (exact) mass is 253 g/mol. The fraction of sp³-hybridized carbons (Fsp3) is 0.250. The van der Waals surface area contributed by atoms with E-state index in [4.69, 9.17) is 11.6 Å². The molecule has 0 atom stereocenters. The molecular formula is C12H13ClFN3. The largest absolute Gasteiger partial charge is 0.337 e. The predicted molar refractivity (Wildman–Crippen MR) is 65.2 cm³/mol. The molecule has 1 aromatic heterocycles. The molecule has 5 heteroatoms. The van der Waals surface area contributed by atoms with Gasteiger partial charge in [-0.25, -0.2) is 9.37 Å². The number of aryl methyl sites for hydroxylation is 1. The van der Waals surface area contributed by atoms with Gasteiger partial charge in [-0.1, -0.05) is 17.7 Å². The second kappa shape index (κ2) is 5.29. The summed E-state index contributed by atoms with van der Waals surface area (Å²) in [6.07, 6.45) is 3.64. The average molecular weight is 254 g/mol. The summed E-state index contributed by atoms with van der Waals surface area (Å²) in [5.41, 5.74) is 0.862. The molecule has 1 aromatic carbocycles. The van der Waals surface area contributed by atoms with Crippen molar-refractivity contribution in [3.8, 4) is 0 Å². The van der Waals surface area contributed by atoms with Gasteiger partial charge >= 0.3 is 0 Å². The number of imidazole rings is 1. The second-order valence-corrected chi connectivity index (χ2v) is 4.21. The summed E-state index contributed by atoms with van der Waals surface area (Å²) in [6.45, 7) is 1.23. The van der Waals surface area contributed by atoms with Gasteiger partial charge in [-0.05, 0) is 17.7 Å². The summed E-state index contributed by atoms with van der Waals surface area (Å²) >= 11 is 5.61. The Morgan fingerprint density at radius 3 is 2.88 bits per heavy atom. The molecule has 1 heterocycles. The smallest absolute Gasteiger partial charge is 0.142 e. The van der Waals surface area contributed by atoms with Crippen LogP contribution in [0.3, 0.4) is 0 Å². The van der Waals surface area contributed by atoms with E-state index in [1.165, 1.54) is 6.07 Å². The minimum Gasteiger partial charge on any atom is -0.337 e. The maximum absolute atomic E-state index is 13.2. The molecule has 0 aliphatic carbocycles. The Morgan fingerprint density at radius 2 is 2.24 bits per heavy atom. The number of rotatable bonds is 4. The van der Waals surface area contributed by atoms with E-state index >= 15 is 0 Å². The first-order chi connectivity index (χ1) is 8.16. The zero-order valence-corrected chi connectivity index (χ0v) is 10.2. The van der Waals surface area contributed by atoms with Crippen molar-refractivity contribution in [2.24, 2.45) is 7.05 Å². The summed E-state index contributed by atoms with van der Waals surface area (Å²) < 4.78 is 15.1. The Hall–Kier alpha value is -1.39. The van der Waals surface area contributed by atoms with Crippen molar-refractivity contribution in [1.29, 1.82) is 0 Å². The Kier molecular flexibility index (Phi) is 3.76. The molecule has 2 aromatic rings. The fourth-order valence-corrected chi connectivity index (χ4v) is 1.65. The lowest BCUT2D eigenvalue weighted by molar-refractivity contribution is 0.613. The van der Waals surface area contributed by atoms with Crippen molar-refractivity contribution in [1.82, 2.24) is 14.9 Å². The van der Waals surface area contributed by atoms with Gasteiger partial charge in [0.1, 0.15) is 11.6 Å². The zero-order chi connectivity index (χ0) is 12.3. The molecule has 0 spiro atoms. The lowest BCUT2D eigenvalue weighted by Crippen LogP contribution is -2.15. The van der Waals surface area contributed by atoms with Crippen LogP contribution in [-0.4, -0.2) is 9.55 Å². The molecule has 90 valence electrons. The van der Waals surface area contributed by atoms with E-state index in [0.717, 1.165) is 11.4 Å². The molecule has 0 bridgehead atoms. The van der Waals surface area contributed by atoms with Crippen LogP contribution >= 0.6 is 11.6 Å². The summed E-state index contributed by atoms with van der Waals surface area (Å²) in [4.78, 5) is 4.18. The summed E-state index contributed by atoms with van der Waals surface area (Å²) in [7, 11) is 1.94. The van der Waals surface area contributed by atoms with Gasteiger partial charge in [0.15, 0.2) is 0 Å². The second-order valence-electron chi connectivity index (χ2n) is 3.81. The third-order valence-corrected chi connectivity index (χ3v) is 2.82. The molecule has 1 N–H and O–H groups in total. The van der Waals surface area contributed by atoms with Gasteiger partial charge in [-0.15, -0.1) is 0 Å². The molecule has 0 amide bonds. The van der Waals surface area contributed by atoms with Crippen LogP contribution < -0.4 is 5.32 Å². The van der Waals surface area contributed by atoms with Crippen LogP contribution in [0.4, 0.5) is 4.39 Å². The van der Waals surface area contributed by atoms with Crippen molar-refractivity contribution in [3.63, 3.8) is 0 Å². The SMILES string of the molecule is Cn1ccnc1CNCc1ccc(Cl)c(F)c1. The van der Waals surface area contributed by atoms with Crippen LogP contribution in [0, 0.1) is 5.82 Å². The van der Waals surface area contributed by atoms with E-state index in [1.54, 1.807) is 18.3 Å². The van der Waals surface area contributed by atoms with Gasteiger partial charge in [0.05, 0.1) is 11.6 Å². The molecule has 0 fully saturated rings. The standard InChI is InChI=1S/C12H13ClFN3/c1-17-5-4-16-12(17)8-15-7-9-2-3-10(13)11(14)6-9/h2-6,15H,7-8H2,1H3. The Labute approximate surface area is 104 Å². The number of aromatic nitrogens is 2. The molecule has 0 aliphatic rings. The summed E-state index contributed by atoms with van der Waals surface area (Å²) in [5.74, 6) is 0.558. The maximum Gasteiger partial charge on any atom is 0.142 e. The van der Waals surface area contributed by atoms with Gasteiger partial charge in [0.25, 0.3) is 0 Å². The van der Waals surface area contributed by atoms with Crippen LogP contribution in [0.1, 0.15) is 11.4 Å². The van der Waals surface area contributed by atoms with Crippen molar-refractivity contribution in [2.45, 2.75) is 13.1 Å². The van der Waals surface area contributed by atoms with Crippen LogP contribution in [0.15, 0.2) is 30.6 Å². The Bertz CT molecular complexity index is 510. The minimum atomic E-state index is -0.386. The normalized spacial score (nSPS) is 10.8. The molecular weight excluding hydrogens is 241 g/mol. The first kappa shape index (κ1) is 12.1. The average Bonchev–Trinajstić information content (AvgIpc) is 2.70. The first-order valence-electron chi connectivity index (χ1n) is 5.27. The van der Waals surface area contributed by atoms with Gasteiger partial charge in [-0.3, -0.25) is 0 Å². The van der Waals surface area contributed by atoms with E-state index in [-0.39, 0.29) is 10.8 Å². The molecule has 3 nitrogen and oxygen atoms in total. The van der Waals surface area contributed by atoms with Gasteiger partial charge in [-0.2, -0.15) is 0 Å². The Balaban J connectivity index is 1.90. The molecule has 0 unspecified atom stereocenters. The van der Waals surface area contributed by atoms with Gasteiger partial charge in [0.2, 0.25) is 0 Å². The van der Waals surface area contributed by atoms with E-state index in [0.29, 0.717) is 13.1 Å². The number of nitrogens with zero attached hydrogens (tertiary/aromatic N) is 2. The number of hydrogen-bond donors (Lipinski definition) is 1. The van der Waals surface area contributed by atoms with E-state index < -0.39 is 0 Å². The predicted octanol–water partition coefficient (Wildman–Crippen LogP) is 2.50. The van der Waals surface area contributed by atoms with E-state index in [1.807, 2.05) is 17.8 Å². The third kappa shape index (κ3) is 3.05. The summed E-state index contributed by atoms with van der Waals surface area (Å²) in [5, 5.41) is 3.35. The molecule has 0 saturated carbocycles. The quantitative estimate of drug-likeness (QED) is 0.907. The highest BCUT2D eigenvalue weighted by Gasteiger charge is 2.02. The molecule has 0 radical (unpaired) electrons. The van der Waals surface area contributed by atoms with Crippen LogP contribution in [0.2, 0.25) is 5.02 Å². The minimum absolute atomic E-state index is 0.151. The third-order valence-electron chi connectivity index (χ3n) is 2.52. The maximum atomic E-state index is 13.2. The molecule has 0 aliphatic heterocycles. The number of benzene rings is 1. The number of halogens is 2. The lowest BCUT2D eigenvalue weighted by atomic mass is 10.2. The van der Waals surface area contributed by atoms with Crippen molar-refractivity contribution in [3.05, 3.63) is 52.8 Å². The molecule has 2 rings (SSSR count). The number of hydrogen-bond acceptors (Lipinski definition) is 2. The fourth-order valence-electron chi connectivity index (χ4n) is 1.54. The van der Waals surface area contributed by atoms with Gasteiger partial charge in [0, 0.05) is 26.0 Å². The molecule has 0 saturated heterocycles.